The van der Waals surface area contributed by atoms with E-state index >= 15 is 0 Å². The number of carbonyl (C=O) groups is 2. The van der Waals surface area contributed by atoms with Gasteiger partial charge in [-0.15, -0.1) is 0 Å². The summed E-state index contributed by atoms with van der Waals surface area (Å²) in [5, 5.41) is 0.0479. The number of rotatable bonds is 4. The van der Waals surface area contributed by atoms with Crippen molar-refractivity contribution >= 4 is 23.4 Å². The summed E-state index contributed by atoms with van der Waals surface area (Å²) in [7, 11) is 1.25. The molecule has 17 heavy (non-hydrogen) atoms. The van der Waals surface area contributed by atoms with Crippen LogP contribution in [0.1, 0.15) is 23.7 Å². The number of methoxy groups -OCH3 is 1. The zero-order valence-corrected chi connectivity index (χ0v) is 10.3. The van der Waals surface area contributed by atoms with Gasteiger partial charge in [0.15, 0.2) is 5.78 Å². The summed E-state index contributed by atoms with van der Waals surface area (Å²) in [6.07, 6.45) is -0.0248. The van der Waals surface area contributed by atoms with E-state index in [0.29, 0.717) is 0 Å². The summed E-state index contributed by atoms with van der Waals surface area (Å²) < 4.78 is 17.3. The molecular formula is C12H12ClFO3. The summed E-state index contributed by atoms with van der Waals surface area (Å²) >= 11 is 5.76. The zero-order valence-electron chi connectivity index (χ0n) is 9.50. The first-order valence-corrected chi connectivity index (χ1v) is 5.39. The highest BCUT2D eigenvalue weighted by Gasteiger charge is 2.21. The first-order chi connectivity index (χ1) is 7.95. The Morgan fingerprint density at radius 3 is 2.65 bits per heavy atom. The van der Waals surface area contributed by atoms with Crippen LogP contribution in [0.5, 0.6) is 0 Å². The van der Waals surface area contributed by atoms with E-state index in [9.17, 15) is 14.0 Å². The molecular weight excluding hydrogens is 247 g/mol. The molecule has 0 aromatic heterocycles. The van der Waals surface area contributed by atoms with Gasteiger partial charge in [-0.3, -0.25) is 9.59 Å². The van der Waals surface area contributed by atoms with E-state index in [1.165, 1.54) is 13.2 Å². The molecule has 3 nitrogen and oxygen atoms in total. The van der Waals surface area contributed by atoms with Gasteiger partial charge in [-0.05, 0) is 18.2 Å². The number of Topliss-reactive ketones (excluding diaryl/α,β-unsaturated/α-hetero) is 1. The van der Waals surface area contributed by atoms with Crippen LogP contribution in [0.2, 0.25) is 5.02 Å². The van der Waals surface area contributed by atoms with E-state index < -0.39 is 17.7 Å². The first-order valence-electron chi connectivity index (χ1n) is 5.01. The zero-order chi connectivity index (χ0) is 13.0. The lowest BCUT2D eigenvalue weighted by Gasteiger charge is -2.10. The van der Waals surface area contributed by atoms with Crippen molar-refractivity contribution in [2.45, 2.75) is 13.3 Å². The van der Waals surface area contributed by atoms with Gasteiger partial charge >= 0.3 is 5.97 Å². The van der Waals surface area contributed by atoms with Crippen molar-refractivity contribution in [3.63, 3.8) is 0 Å². The molecule has 1 aromatic rings. The topological polar surface area (TPSA) is 43.4 Å². The quantitative estimate of drug-likeness (QED) is 0.616. The highest BCUT2D eigenvalue weighted by Crippen LogP contribution is 2.21. The van der Waals surface area contributed by atoms with Gasteiger partial charge in [-0.2, -0.15) is 0 Å². The van der Waals surface area contributed by atoms with Gasteiger partial charge < -0.3 is 4.74 Å². The molecule has 0 amide bonds. The minimum absolute atomic E-state index is 0.0248. The molecule has 0 radical (unpaired) electrons. The third kappa shape index (κ3) is 3.53. The van der Waals surface area contributed by atoms with Crippen molar-refractivity contribution in [1.82, 2.24) is 0 Å². The Morgan fingerprint density at radius 2 is 2.12 bits per heavy atom. The summed E-state index contributed by atoms with van der Waals surface area (Å²) in [4.78, 5) is 22.9. The van der Waals surface area contributed by atoms with Gasteiger partial charge in [0.2, 0.25) is 0 Å². The molecule has 92 valence electrons. The Morgan fingerprint density at radius 1 is 1.47 bits per heavy atom. The number of benzene rings is 1. The van der Waals surface area contributed by atoms with Crippen molar-refractivity contribution in [2.24, 2.45) is 5.92 Å². The highest BCUT2D eigenvalue weighted by atomic mass is 35.5. The SMILES string of the molecule is COC(=O)CC(C)C(=O)c1ccc(F)cc1Cl. The Kier molecular flexibility index (Phi) is 4.63. The van der Waals surface area contributed by atoms with Gasteiger partial charge in [0, 0.05) is 11.5 Å². The molecule has 0 saturated heterocycles. The molecule has 0 aliphatic carbocycles. The lowest BCUT2D eigenvalue weighted by molar-refractivity contribution is -0.141. The summed E-state index contributed by atoms with van der Waals surface area (Å²) in [5.74, 6) is -1.83. The third-order valence-electron chi connectivity index (χ3n) is 2.34. The maximum atomic E-state index is 12.8. The molecule has 0 N–H and O–H groups in total. The number of esters is 1. The number of halogens is 2. The van der Waals surface area contributed by atoms with Gasteiger partial charge in [-0.1, -0.05) is 18.5 Å². The van der Waals surface area contributed by atoms with E-state index in [2.05, 4.69) is 4.74 Å². The predicted molar refractivity (Wildman–Crippen MR) is 61.5 cm³/mol. The second kappa shape index (κ2) is 5.77. The van der Waals surface area contributed by atoms with Crippen LogP contribution in [0.3, 0.4) is 0 Å². The normalized spacial score (nSPS) is 12.0. The van der Waals surface area contributed by atoms with Crippen LogP contribution in [-0.4, -0.2) is 18.9 Å². The molecule has 0 aliphatic heterocycles. The van der Waals surface area contributed by atoms with Gasteiger partial charge in [0.25, 0.3) is 0 Å². The lowest BCUT2D eigenvalue weighted by Crippen LogP contribution is -2.17. The fourth-order valence-corrected chi connectivity index (χ4v) is 1.64. The molecule has 0 spiro atoms. The Hall–Kier alpha value is -1.42. The Balaban J connectivity index is 2.85. The molecule has 0 saturated carbocycles. The lowest BCUT2D eigenvalue weighted by atomic mass is 9.96. The van der Waals surface area contributed by atoms with Crippen LogP contribution < -0.4 is 0 Å². The number of hydrogen-bond acceptors (Lipinski definition) is 3. The highest BCUT2D eigenvalue weighted by molar-refractivity contribution is 6.34. The van der Waals surface area contributed by atoms with Crippen LogP contribution in [0.25, 0.3) is 0 Å². The average Bonchev–Trinajstić information content (AvgIpc) is 2.28. The van der Waals surface area contributed by atoms with Crippen molar-refractivity contribution in [1.29, 1.82) is 0 Å². The molecule has 0 heterocycles. The van der Waals surface area contributed by atoms with E-state index in [4.69, 9.17) is 11.6 Å². The van der Waals surface area contributed by atoms with E-state index in [0.717, 1.165) is 12.1 Å². The number of ketones is 1. The molecule has 1 rings (SSSR count). The molecule has 1 atom stereocenters. The molecule has 1 unspecified atom stereocenters. The largest absolute Gasteiger partial charge is 0.469 e. The third-order valence-corrected chi connectivity index (χ3v) is 2.66. The fourth-order valence-electron chi connectivity index (χ4n) is 1.38. The summed E-state index contributed by atoms with van der Waals surface area (Å²) in [6, 6.07) is 3.54. The molecule has 0 fully saturated rings. The van der Waals surface area contributed by atoms with Gasteiger partial charge in [0.1, 0.15) is 5.82 Å². The standard InChI is InChI=1S/C12H12ClFO3/c1-7(5-11(15)17-2)12(16)9-4-3-8(14)6-10(9)13/h3-4,6-7H,5H2,1-2H3. The van der Waals surface area contributed by atoms with E-state index in [1.54, 1.807) is 6.92 Å². The Bertz CT molecular complexity index is 445. The number of carbonyl (C=O) groups excluding carboxylic acids is 2. The van der Waals surface area contributed by atoms with Gasteiger partial charge in [-0.25, -0.2) is 4.39 Å². The smallest absolute Gasteiger partial charge is 0.306 e. The minimum atomic E-state index is -0.551. The summed E-state index contributed by atoms with van der Waals surface area (Å²) in [5.41, 5.74) is 0.212. The van der Waals surface area contributed by atoms with Crippen molar-refractivity contribution in [2.75, 3.05) is 7.11 Å². The van der Waals surface area contributed by atoms with Crippen LogP contribution in [-0.2, 0) is 9.53 Å². The second-order valence-electron chi connectivity index (χ2n) is 3.67. The maximum absolute atomic E-state index is 12.8. The number of ether oxygens (including phenoxy) is 1. The van der Waals surface area contributed by atoms with Crippen molar-refractivity contribution in [3.8, 4) is 0 Å². The Labute approximate surface area is 104 Å². The summed E-state index contributed by atoms with van der Waals surface area (Å²) in [6.45, 7) is 1.60. The molecule has 1 aromatic carbocycles. The van der Waals surface area contributed by atoms with Crippen molar-refractivity contribution in [3.05, 3.63) is 34.6 Å². The van der Waals surface area contributed by atoms with Gasteiger partial charge in [0.05, 0.1) is 18.6 Å². The first kappa shape index (κ1) is 13.6. The maximum Gasteiger partial charge on any atom is 0.306 e. The fraction of sp³-hybridized carbons (Fsp3) is 0.333. The molecule has 0 aliphatic rings. The molecule has 5 heteroatoms. The second-order valence-corrected chi connectivity index (χ2v) is 4.08. The minimum Gasteiger partial charge on any atom is -0.469 e. The monoisotopic (exact) mass is 258 g/mol. The van der Waals surface area contributed by atoms with Crippen LogP contribution in [0, 0.1) is 11.7 Å². The average molecular weight is 259 g/mol. The van der Waals surface area contributed by atoms with Crippen LogP contribution >= 0.6 is 11.6 Å². The number of hydrogen-bond donors (Lipinski definition) is 0. The van der Waals surface area contributed by atoms with Crippen LogP contribution in [0.15, 0.2) is 18.2 Å². The van der Waals surface area contributed by atoms with Crippen LogP contribution in [0.4, 0.5) is 4.39 Å². The molecule has 0 bridgehead atoms. The van der Waals surface area contributed by atoms with E-state index in [-0.39, 0.29) is 22.8 Å². The van der Waals surface area contributed by atoms with Crippen molar-refractivity contribution < 1.29 is 18.7 Å². The predicted octanol–water partition coefficient (Wildman–Crippen LogP) is 2.86. The van der Waals surface area contributed by atoms with E-state index in [1.807, 2.05) is 0 Å².